The number of benzene rings is 2. The van der Waals surface area contributed by atoms with Gasteiger partial charge in [0.25, 0.3) is 0 Å². The molecule has 2 aromatic rings. The molecular formula is C15H14Cl2FN. The lowest BCUT2D eigenvalue weighted by molar-refractivity contribution is 0.613. The van der Waals surface area contributed by atoms with Crippen LogP contribution in [-0.4, -0.2) is 6.54 Å². The van der Waals surface area contributed by atoms with Gasteiger partial charge in [0, 0.05) is 10.0 Å². The highest BCUT2D eigenvalue weighted by Gasteiger charge is 2.16. The van der Waals surface area contributed by atoms with E-state index < -0.39 is 0 Å². The number of rotatable bonds is 4. The van der Waals surface area contributed by atoms with Crippen molar-refractivity contribution in [1.82, 2.24) is 5.32 Å². The van der Waals surface area contributed by atoms with Crippen molar-refractivity contribution in [2.45, 2.75) is 13.0 Å². The summed E-state index contributed by atoms with van der Waals surface area (Å²) >= 11 is 12.3. The van der Waals surface area contributed by atoms with E-state index in [4.69, 9.17) is 23.2 Å². The minimum Gasteiger partial charge on any atom is -0.306 e. The van der Waals surface area contributed by atoms with Crippen LogP contribution in [0, 0.1) is 5.82 Å². The second-order valence-electron chi connectivity index (χ2n) is 4.21. The maximum Gasteiger partial charge on any atom is 0.123 e. The first-order valence-electron chi connectivity index (χ1n) is 6.05. The molecule has 0 amide bonds. The standard InChI is InChI=1S/C15H14Cl2FN/c1-2-19-15(10-3-6-12(18)7-4-10)13-9-11(16)5-8-14(13)17/h3-9,15,19H,2H2,1H3. The maximum atomic E-state index is 13.0. The highest BCUT2D eigenvalue weighted by atomic mass is 35.5. The van der Waals surface area contributed by atoms with Gasteiger partial charge in [-0.05, 0) is 48.0 Å². The lowest BCUT2D eigenvalue weighted by Gasteiger charge is -2.20. The Morgan fingerprint density at radius 1 is 1.11 bits per heavy atom. The normalized spacial score (nSPS) is 12.4. The molecule has 0 aliphatic carbocycles. The molecule has 0 aromatic heterocycles. The Morgan fingerprint density at radius 2 is 1.79 bits per heavy atom. The fourth-order valence-electron chi connectivity index (χ4n) is 2.00. The zero-order chi connectivity index (χ0) is 13.8. The number of nitrogens with one attached hydrogen (secondary N) is 1. The van der Waals surface area contributed by atoms with Crippen LogP contribution in [0.1, 0.15) is 24.1 Å². The van der Waals surface area contributed by atoms with Gasteiger partial charge >= 0.3 is 0 Å². The molecular weight excluding hydrogens is 284 g/mol. The summed E-state index contributed by atoms with van der Waals surface area (Å²) in [6.45, 7) is 2.78. The van der Waals surface area contributed by atoms with E-state index in [1.807, 2.05) is 13.0 Å². The summed E-state index contributed by atoms with van der Waals surface area (Å²) in [5.74, 6) is -0.254. The molecule has 2 aromatic carbocycles. The van der Waals surface area contributed by atoms with Crippen LogP contribution >= 0.6 is 23.2 Å². The summed E-state index contributed by atoms with van der Waals surface area (Å²) in [4.78, 5) is 0. The van der Waals surface area contributed by atoms with E-state index in [9.17, 15) is 4.39 Å². The SMILES string of the molecule is CCNC(c1ccc(F)cc1)c1cc(Cl)ccc1Cl. The molecule has 1 nitrogen and oxygen atoms in total. The maximum absolute atomic E-state index is 13.0. The molecule has 0 saturated carbocycles. The van der Waals surface area contributed by atoms with Gasteiger partial charge in [0.15, 0.2) is 0 Å². The van der Waals surface area contributed by atoms with Crippen LogP contribution in [0.2, 0.25) is 10.0 Å². The third-order valence-electron chi connectivity index (χ3n) is 2.88. The van der Waals surface area contributed by atoms with E-state index in [2.05, 4.69) is 5.32 Å². The Bertz CT molecular complexity index is 555. The molecule has 0 aliphatic heterocycles. The average Bonchev–Trinajstić information content (AvgIpc) is 2.40. The number of halogens is 3. The average molecular weight is 298 g/mol. The minimum absolute atomic E-state index is 0.100. The van der Waals surface area contributed by atoms with Crippen molar-refractivity contribution in [3.8, 4) is 0 Å². The molecule has 0 radical (unpaired) electrons. The van der Waals surface area contributed by atoms with Gasteiger partial charge in [-0.3, -0.25) is 0 Å². The van der Waals surface area contributed by atoms with Gasteiger partial charge in [-0.2, -0.15) is 0 Å². The molecule has 1 N–H and O–H groups in total. The predicted octanol–water partition coefficient (Wildman–Crippen LogP) is 4.83. The van der Waals surface area contributed by atoms with Crippen molar-refractivity contribution >= 4 is 23.2 Å². The van der Waals surface area contributed by atoms with E-state index in [0.29, 0.717) is 10.0 Å². The summed E-state index contributed by atoms with van der Waals surface area (Å²) in [7, 11) is 0. The van der Waals surface area contributed by atoms with Crippen LogP contribution in [0.3, 0.4) is 0 Å². The highest BCUT2D eigenvalue weighted by molar-refractivity contribution is 6.33. The molecule has 1 unspecified atom stereocenters. The van der Waals surface area contributed by atoms with E-state index in [-0.39, 0.29) is 11.9 Å². The molecule has 0 saturated heterocycles. The minimum atomic E-state index is -0.254. The van der Waals surface area contributed by atoms with E-state index in [1.165, 1.54) is 12.1 Å². The Hall–Kier alpha value is -1.09. The molecule has 0 spiro atoms. The van der Waals surface area contributed by atoms with Crippen LogP contribution in [0.4, 0.5) is 4.39 Å². The highest BCUT2D eigenvalue weighted by Crippen LogP contribution is 2.30. The first kappa shape index (κ1) is 14.3. The molecule has 0 fully saturated rings. The Balaban J connectivity index is 2.44. The van der Waals surface area contributed by atoms with Gasteiger partial charge in [0.05, 0.1) is 6.04 Å². The Morgan fingerprint density at radius 3 is 2.42 bits per heavy atom. The quantitative estimate of drug-likeness (QED) is 0.852. The van der Waals surface area contributed by atoms with Gasteiger partial charge in [0.1, 0.15) is 5.82 Å². The summed E-state index contributed by atoms with van der Waals surface area (Å²) in [5.41, 5.74) is 1.84. The van der Waals surface area contributed by atoms with Crippen molar-refractivity contribution in [2.75, 3.05) is 6.54 Å². The first-order valence-corrected chi connectivity index (χ1v) is 6.81. The second kappa shape index (κ2) is 6.38. The molecule has 1 atom stereocenters. The fraction of sp³-hybridized carbons (Fsp3) is 0.200. The van der Waals surface area contributed by atoms with E-state index >= 15 is 0 Å². The summed E-state index contributed by atoms with van der Waals surface area (Å²) in [6.07, 6.45) is 0. The van der Waals surface area contributed by atoms with Gasteiger partial charge in [-0.25, -0.2) is 4.39 Å². The van der Waals surface area contributed by atoms with E-state index in [0.717, 1.165) is 17.7 Å². The van der Waals surface area contributed by atoms with Crippen molar-refractivity contribution in [1.29, 1.82) is 0 Å². The van der Waals surface area contributed by atoms with Crippen LogP contribution in [0.15, 0.2) is 42.5 Å². The largest absolute Gasteiger partial charge is 0.306 e. The first-order chi connectivity index (χ1) is 9.11. The zero-order valence-corrected chi connectivity index (χ0v) is 12.0. The molecule has 0 aliphatic rings. The lowest BCUT2D eigenvalue weighted by atomic mass is 9.98. The van der Waals surface area contributed by atoms with Crippen LogP contribution < -0.4 is 5.32 Å². The molecule has 100 valence electrons. The third kappa shape index (κ3) is 3.47. The Kier molecular flexibility index (Phi) is 4.81. The van der Waals surface area contributed by atoms with Crippen LogP contribution in [0.25, 0.3) is 0 Å². The van der Waals surface area contributed by atoms with Crippen LogP contribution in [-0.2, 0) is 0 Å². The summed E-state index contributed by atoms with van der Waals surface area (Å²) in [6, 6.07) is 11.6. The predicted molar refractivity (Wildman–Crippen MR) is 78.4 cm³/mol. The van der Waals surface area contributed by atoms with Gasteiger partial charge in [0.2, 0.25) is 0 Å². The third-order valence-corrected chi connectivity index (χ3v) is 3.46. The molecule has 0 heterocycles. The zero-order valence-electron chi connectivity index (χ0n) is 10.5. The fourth-order valence-corrected chi connectivity index (χ4v) is 2.41. The second-order valence-corrected chi connectivity index (χ2v) is 5.05. The topological polar surface area (TPSA) is 12.0 Å². The van der Waals surface area contributed by atoms with Gasteiger partial charge in [-0.1, -0.05) is 42.3 Å². The Labute approximate surface area is 122 Å². The molecule has 0 bridgehead atoms. The van der Waals surface area contributed by atoms with Crippen LogP contribution in [0.5, 0.6) is 0 Å². The smallest absolute Gasteiger partial charge is 0.123 e. The van der Waals surface area contributed by atoms with Crippen molar-refractivity contribution in [2.24, 2.45) is 0 Å². The monoisotopic (exact) mass is 297 g/mol. The molecule has 2 rings (SSSR count). The summed E-state index contributed by atoms with van der Waals surface area (Å²) in [5, 5.41) is 4.60. The van der Waals surface area contributed by atoms with Crippen molar-refractivity contribution in [3.05, 3.63) is 69.5 Å². The number of hydrogen-bond acceptors (Lipinski definition) is 1. The van der Waals surface area contributed by atoms with E-state index in [1.54, 1.807) is 24.3 Å². The van der Waals surface area contributed by atoms with Crippen molar-refractivity contribution < 1.29 is 4.39 Å². The lowest BCUT2D eigenvalue weighted by Crippen LogP contribution is -2.22. The van der Waals surface area contributed by atoms with Gasteiger partial charge < -0.3 is 5.32 Å². The van der Waals surface area contributed by atoms with Gasteiger partial charge in [-0.15, -0.1) is 0 Å². The number of hydrogen-bond donors (Lipinski definition) is 1. The molecule has 19 heavy (non-hydrogen) atoms. The molecule has 4 heteroatoms. The summed E-state index contributed by atoms with van der Waals surface area (Å²) < 4.78 is 13.0. The van der Waals surface area contributed by atoms with Crippen molar-refractivity contribution in [3.63, 3.8) is 0 Å².